The normalized spacial score (nSPS) is 11.1. The van der Waals surface area contributed by atoms with Gasteiger partial charge in [0.2, 0.25) is 0 Å². The maximum Gasteiger partial charge on any atom is 0.320 e. The van der Waals surface area contributed by atoms with E-state index in [4.69, 9.17) is 38.4 Å². The van der Waals surface area contributed by atoms with Crippen molar-refractivity contribution in [1.82, 2.24) is 4.90 Å². The van der Waals surface area contributed by atoms with Crippen molar-refractivity contribution < 1.29 is 19.4 Å². The molecule has 1 atom stereocenters. The molecule has 0 bridgehead atoms. The summed E-state index contributed by atoms with van der Waals surface area (Å²) in [6.07, 6.45) is 0.278. The quantitative estimate of drug-likeness (QED) is 0.171. The third-order valence-corrected chi connectivity index (χ3v) is 7.06. The number of halogens is 2. The molecule has 0 amide bonds. The van der Waals surface area contributed by atoms with Crippen LogP contribution in [0.4, 0.5) is 0 Å². The number of hydrogen-bond acceptors (Lipinski definition) is 5. The van der Waals surface area contributed by atoms with Crippen LogP contribution in [-0.2, 0) is 17.9 Å². The highest BCUT2D eigenvalue weighted by Gasteiger charge is 2.17. The van der Waals surface area contributed by atoms with Crippen LogP contribution in [0.5, 0.6) is 11.5 Å². The molecule has 0 saturated carbocycles. The lowest BCUT2D eigenvalue weighted by Crippen LogP contribution is -2.35. The number of para-hydroxylation sites is 2. The van der Waals surface area contributed by atoms with Gasteiger partial charge in [0.15, 0.2) is 0 Å². The summed E-state index contributed by atoms with van der Waals surface area (Å²) in [5, 5.41) is 10.7. The Hall–Kier alpha value is -4.43. The van der Waals surface area contributed by atoms with Crippen LogP contribution < -0.4 is 15.2 Å². The molecule has 44 heavy (non-hydrogen) atoms. The number of rotatable bonds is 12. The Labute approximate surface area is 268 Å². The van der Waals surface area contributed by atoms with Gasteiger partial charge in [0.25, 0.3) is 0 Å². The van der Waals surface area contributed by atoms with Crippen molar-refractivity contribution in [3.8, 4) is 35.2 Å². The van der Waals surface area contributed by atoms with Crippen molar-refractivity contribution in [2.45, 2.75) is 25.6 Å². The molecule has 3 N–H and O–H groups in total. The van der Waals surface area contributed by atoms with E-state index in [0.717, 1.165) is 22.3 Å². The van der Waals surface area contributed by atoms with E-state index in [1.165, 1.54) is 0 Å². The molecule has 4 rings (SSSR count). The van der Waals surface area contributed by atoms with Crippen LogP contribution in [0.1, 0.15) is 28.7 Å². The highest BCUT2D eigenvalue weighted by atomic mass is 35.5. The minimum Gasteiger partial charge on any atom is -0.481 e. The van der Waals surface area contributed by atoms with Gasteiger partial charge < -0.3 is 20.3 Å². The number of aliphatic carboxylic acids is 1. The molecule has 4 aromatic carbocycles. The molecule has 0 saturated heterocycles. The molecule has 0 heterocycles. The van der Waals surface area contributed by atoms with Crippen molar-refractivity contribution in [2.75, 3.05) is 19.8 Å². The highest BCUT2D eigenvalue weighted by molar-refractivity contribution is 6.30. The van der Waals surface area contributed by atoms with Gasteiger partial charge in [-0.1, -0.05) is 83.3 Å². The number of carbonyl (C=O) groups is 1. The first-order valence-corrected chi connectivity index (χ1v) is 14.7. The van der Waals surface area contributed by atoms with E-state index in [1.54, 1.807) is 24.3 Å². The molecule has 224 valence electrons. The molecule has 0 radical (unpaired) electrons. The number of nitrogens with zero attached hydrogens (tertiary/aromatic N) is 1. The fourth-order valence-corrected chi connectivity index (χ4v) is 4.51. The zero-order valence-corrected chi connectivity index (χ0v) is 25.5. The number of benzene rings is 4. The molecule has 4 aromatic rings. The van der Waals surface area contributed by atoms with Crippen LogP contribution >= 0.6 is 23.2 Å². The first-order valence-electron chi connectivity index (χ1n) is 14.0. The van der Waals surface area contributed by atoms with Crippen LogP contribution in [0.25, 0.3) is 0 Å². The van der Waals surface area contributed by atoms with Crippen LogP contribution in [0.15, 0.2) is 97.1 Å². The van der Waals surface area contributed by atoms with Gasteiger partial charge in [0.05, 0.1) is 0 Å². The number of carboxylic acid groups (broad SMARTS) is 1. The molecular formula is C36H32Cl2N2O4. The Morgan fingerprint density at radius 3 is 1.59 bits per heavy atom. The molecule has 0 spiro atoms. The summed E-state index contributed by atoms with van der Waals surface area (Å²) in [5.74, 6) is 12.6. The minimum absolute atomic E-state index is 0.206. The topological polar surface area (TPSA) is 85.0 Å². The van der Waals surface area contributed by atoms with E-state index >= 15 is 0 Å². The molecule has 8 heteroatoms. The van der Waals surface area contributed by atoms with Crippen molar-refractivity contribution in [3.63, 3.8) is 0 Å². The van der Waals surface area contributed by atoms with E-state index in [0.29, 0.717) is 41.2 Å². The molecule has 0 aliphatic carbocycles. The molecular weight excluding hydrogens is 595 g/mol. The summed E-state index contributed by atoms with van der Waals surface area (Å²) >= 11 is 11.9. The lowest BCUT2D eigenvalue weighted by molar-refractivity contribution is -0.138. The van der Waals surface area contributed by atoms with Crippen molar-refractivity contribution in [2.24, 2.45) is 5.73 Å². The second-order valence-electron chi connectivity index (χ2n) is 9.85. The first-order chi connectivity index (χ1) is 21.4. The second kappa shape index (κ2) is 17.0. The maximum atomic E-state index is 11.4. The highest BCUT2D eigenvalue weighted by Crippen LogP contribution is 2.24. The predicted octanol–water partition coefficient (Wildman–Crippen LogP) is 6.66. The first kappa shape index (κ1) is 32.5. The molecule has 6 nitrogen and oxygen atoms in total. The predicted molar refractivity (Wildman–Crippen MR) is 175 cm³/mol. The van der Waals surface area contributed by atoms with Crippen molar-refractivity contribution >= 4 is 29.2 Å². The summed E-state index contributed by atoms with van der Waals surface area (Å²) in [7, 11) is 0. The van der Waals surface area contributed by atoms with Crippen LogP contribution in [0, 0.1) is 23.7 Å². The van der Waals surface area contributed by atoms with Gasteiger partial charge >= 0.3 is 5.97 Å². The third-order valence-electron chi connectivity index (χ3n) is 6.56. The maximum absolute atomic E-state index is 11.4. The average molecular weight is 628 g/mol. The van der Waals surface area contributed by atoms with Gasteiger partial charge in [-0.05, 0) is 67.1 Å². The minimum atomic E-state index is -1.03. The fraction of sp³-hybridized carbons (Fsp3) is 0.194. The molecule has 0 fully saturated rings. The lowest BCUT2D eigenvalue weighted by atomic mass is 10.1. The monoisotopic (exact) mass is 626 g/mol. The molecule has 0 aliphatic heterocycles. The van der Waals surface area contributed by atoms with Gasteiger partial charge in [0.1, 0.15) is 30.8 Å². The Bertz CT molecular complexity index is 1540. The SMILES string of the molecule is N[C@@H](CCN(Cc1ccccc1OCC#Cc1ccc(Cl)cc1)Cc1ccccc1OCC#Cc1ccc(Cl)cc1)C(=O)O. The van der Waals surface area contributed by atoms with E-state index in [9.17, 15) is 9.90 Å². The molecule has 0 unspecified atom stereocenters. The number of hydrogen-bond donors (Lipinski definition) is 2. The summed E-state index contributed by atoms with van der Waals surface area (Å²) < 4.78 is 12.1. The van der Waals surface area contributed by atoms with E-state index in [2.05, 4.69) is 28.6 Å². The lowest BCUT2D eigenvalue weighted by Gasteiger charge is -2.25. The third kappa shape index (κ3) is 10.7. The smallest absolute Gasteiger partial charge is 0.320 e. The molecule has 0 aliphatic rings. The van der Waals surface area contributed by atoms with Gasteiger partial charge in [-0.25, -0.2) is 0 Å². The van der Waals surface area contributed by atoms with E-state index in [1.807, 2.05) is 72.8 Å². The van der Waals surface area contributed by atoms with Crippen molar-refractivity contribution in [1.29, 1.82) is 0 Å². The Kier molecular flexibility index (Phi) is 12.6. The Morgan fingerprint density at radius 1 is 0.727 bits per heavy atom. The zero-order chi connectivity index (χ0) is 31.1. The van der Waals surface area contributed by atoms with Gasteiger partial charge in [0, 0.05) is 51.9 Å². The number of nitrogens with two attached hydrogens (primary N) is 1. The largest absolute Gasteiger partial charge is 0.481 e. The number of carboxylic acids is 1. The molecule has 0 aromatic heterocycles. The summed E-state index contributed by atoms with van der Waals surface area (Å²) in [4.78, 5) is 13.6. The summed E-state index contributed by atoms with van der Waals surface area (Å²) in [5.41, 5.74) is 9.45. The van der Waals surface area contributed by atoms with E-state index < -0.39 is 12.0 Å². The Balaban J connectivity index is 1.45. The fourth-order valence-electron chi connectivity index (χ4n) is 4.26. The van der Waals surface area contributed by atoms with Crippen LogP contribution in [-0.4, -0.2) is 41.8 Å². The second-order valence-corrected chi connectivity index (χ2v) is 10.7. The van der Waals surface area contributed by atoms with Crippen LogP contribution in [0.3, 0.4) is 0 Å². The zero-order valence-electron chi connectivity index (χ0n) is 24.0. The van der Waals surface area contributed by atoms with Crippen molar-refractivity contribution in [3.05, 3.63) is 129 Å². The Morgan fingerprint density at radius 2 is 1.16 bits per heavy atom. The van der Waals surface area contributed by atoms with Crippen LogP contribution in [0.2, 0.25) is 10.0 Å². The van der Waals surface area contributed by atoms with Gasteiger partial charge in [-0.15, -0.1) is 0 Å². The number of ether oxygens (including phenoxy) is 2. The van der Waals surface area contributed by atoms with E-state index in [-0.39, 0.29) is 19.6 Å². The van der Waals surface area contributed by atoms with Gasteiger partial charge in [-0.2, -0.15) is 0 Å². The summed E-state index contributed by atoms with van der Waals surface area (Å²) in [6, 6.07) is 29.1. The average Bonchev–Trinajstić information content (AvgIpc) is 3.03. The standard InChI is InChI=1S/C36H32Cl2N2O4/c37-31-17-13-27(14-18-31)7-5-23-43-34-11-3-1-9-29(34)25-40(22-21-33(39)36(41)42)26-30-10-2-4-12-35(30)44-24-6-8-28-15-19-32(38)20-16-28/h1-4,9-20,33H,21-26,39H2,(H,41,42)/t33-/m0/s1. The summed E-state index contributed by atoms with van der Waals surface area (Å²) in [6.45, 7) is 1.85. The van der Waals surface area contributed by atoms with Gasteiger partial charge in [-0.3, -0.25) is 9.69 Å².